The van der Waals surface area contributed by atoms with Crippen LogP contribution in [-0.4, -0.2) is 32.3 Å². The number of amides is 2. The van der Waals surface area contributed by atoms with Crippen molar-refractivity contribution in [2.24, 2.45) is 5.92 Å². The minimum Gasteiger partial charge on any atom is -0.342 e. The highest BCUT2D eigenvalue weighted by Gasteiger charge is 2.25. The van der Waals surface area contributed by atoms with Crippen LogP contribution >= 0.6 is 46.6 Å². The fourth-order valence-corrected chi connectivity index (χ4v) is 5.00. The normalized spacial score (nSPS) is 11.8. The Kier molecular flexibility index (Phi) is 10.2. The van der Waals surface area contributed by atoms with E-state index in [0.29, 0.717) is 50.3 Å². The molecule has 11 heteroatoms. The van der Waals surface area contributed by atoms with Gasteiger partial charge in [0.05, 0.1) is 22.4 Å². The van der Waals surface area contributed by atoms with E-state index in [1.165, 1.54) is 11.8 Å². The van der Waals surface area contributed by atoms with Crippen LogP contribution in [0.15, 0.2) is 60.3 Å². The lowest BCUT2D eigenvalue weighted by Crippen LogP contribution is -2.32. The Balaban J connectivity index is 1.78. The van der Waals surface area contributed by atoms with Crippen molar-refractivity contribution in [3.63, 3.8) is 0 Å². The van der Waals surface area contributed by atoms with E-state index in [4.69, 9.17) is 34.8 Å². The van der Waals surface area contributed by atoms with E-state index in [9.17, 15) is 9.59 Å². The number of thioether (sulfide) groups is 1. The second-order valence-electron chi connectivity index (χ2n) is 8.37. The fourth-order valence-electron chi connectivity index (χ4n) is 3.50. The average Bonchev–Trinajstić information content (AvgIpc) is 3.19. The van der Waals surface area contributed by atoms with Crippen LogP contribution in [0.3, 0.4) is 0 Å². The van der Waals surface area contributed by atoms with Crippen molar-refractivity contribution < 1.29 is 9.59 Å². The van der Waals surface area contributed by atoms with Gasteiger partial charge < -0.3 is 15.2 Å². The Morgan fingerprint density at radius 2 is 1.81 bits per heavy atom. The maximum absolute atomic E-state index is 13.0. The molecule has 1 heterocycles. The van der Waals surface area contributed by atoms with Crippen molar-refractivity contribution >= 4 is 64.1 Å². The molecule has 0 bridgehead atoms. The van der Waals surface area contributed by atoms with Crippen molar-refractivity contribution in [1.82, 2.24) is 20.1 Å². The van der Waals surface area contributed by atoms with Gasteiger partial charge in [-0.1, -0.05) is 78.6 Å². The van der Waals surface area contributed by atoms with Gasteiger partial charge >= 0.3 is 0 Å². The highest BCUT2D eigenvalue weighted by Crippen LogP contribution is 2.27. The topological polar surface area (TPSA) is 88.9 Å². The summed E-state index contributed by atoms with van der Waals surface area (Å²) in [5.41, 5.74) is 0.890. The lowest BCUT2D eigenvalue weighted by molar-refractivity contribution is -0.113. The van der Waals surface area contributed by atoms with E-state index in [1.807, 2.05) is 4.57 Å². The molecule has 7 nitrogen and oxygen atoms in total. The van der Waals surface area contributed by atoms with Crippen LogP contribution < -0.4 is 10.6 Å². The number of hydrogen-bond donors (Lipinski definition) is 2. The lowest BCUT2D eigenvalue weighted by Gasteiger charge is -2.21. The van der Waals surface area contributed by atoms with Gasteiger partial charge in [-0.3, -0.25) is 9.59 Å². The maximum atomic E-state index is 13.0. The molecule has 1 atom stereocenters. The number of carbonyl (C=O) groups is 2. The first-order valence-corrected chi connectivity index (χ1v) is 13.3. The zero-order chi connectivity index (χ0) is 26.2. The number of benzene rings is 2. The Bertz CT molecular complexity index is 1230. The van der Waals surface area contributed by atoms with Gasteiger partial charge in [0.2, 0.25) is 5.91 Å². The third-order valence-corrected chi connectivity index (χ3v) is 6.71. The SMILES string of the molecule is C=CCn1c(SCC(=O)Nc2cc(Cl)cc(Cl)c2)nnc1[C@H](CC(C)C)NC(=O)c1ccccc1Cl. The monoisotopic (exact) mass is 565 g/mol. The van der Waals surface area contributed by atoms with Crippen LogP contribution in [0.4, 0.5) is 5.69 Å². The van der Waals surface area contributed by atoms with Gasteiger partial charge in [-0.05, 0) is 42.7 Å². The second-order valence-corrected chi connectivity index (χ2v) is 10.6. The fraction of sp³-hybridized carbons (Fsp3) is 0.280. The molecule has 3 rings (SSSR count). The first-order chi connectivity index (χ1) is 17.2. The average molecular weight is 567 g/mol. The predicted molar refractivity (Wildman–Crippen MR) is 147 cm³/mol. The number of halogens is 3. The summed E-state index contributed by atoms with van der Waals surface area (Å²) < 4.78 is 1.85. The standard InChI is InChI=1S/C25H26Cl3N5O2S/c1-4-9-33-23(21(10-15(2)3)30-24(35)19-7-5-6-8-20(19)28)31-32-25(33)36-14-22(34)29-18-12-16(26)11-17(27)13-18/h4-8,11-13,15,21H,1,9-10,14H2,2-3H3,(H,29,34)(H,30,35)/t21-/m0/s1. The summed E-state index contributed by atoms with van der Waals surface area (Å²) in [5.74, 6) is 0.377. The number of anilines is 1. The molecule has 0 saturated carbocycles. The smallest absolute Gasteiger partial charge is 0.253 e. The summed E-state index contributed by atoms with van der Waals surface area (Å²) in [5, 5.41) is 16.2. The third-order valence-electron chi connectivity index (χ3n) is 4.98. The highest BCUT2D eigenvalue weighted by molar-refractivity contribution is 7.99. The molecule has 0 aliphatic rings. The molecular weight excluding hydrogens is 541 g/mol. The van der Waals surface area contributed by atoms with Crippen LogP contribution in [0, 0.1) is 5.92 Å². The Hall–Kier alpha value is -2.52. The van der Waals surface area contributed by atoms with Crippen molar-refractivity contribution in [3.05, 3.63) is 81.6 Å². The van der Waals surface area contributed by atoms with Gasteiger partial charge in [-0.2, -0.15) is 0 Å². The summed E-state index contributed by atoms with van der Waals surface area (Å²) in [6.07, 6.45) is 2.35. The number of nitrogens with one attached hydrogen (secondary N) is 2. The van der Waals surface area contributed by atoms with Crippen LogP contribution in [-0.2, 0) is 11.3 Å². The van der Waals surface area contributed by atoms with Crippen LogP contribution in [0.5, 0.6) is 0 Å². The van der Waals surface area contributed by atoms with Gasteiger partial charge in [-0.15, -0.1) is 16.8 Å². The maximum Gasteiger partial charge on any atom is 0.253 e. The zero-order valence-corrected chi connectivity index (χ0v) is 22.9. The van der Waals surface area contributed by atoms with E-state index in [-0.39, 0.29) is 23.5 Å². The van der Waals surface area contributed by atoms with Gasteiger partial charge in [0, 0.05) is 22.3 Å². The first-order valence-electron chi connectivity index (χ1n) is 11.2. The minimum absolute atomic E-state index is 0.0836. The van der Waals surface area contributed by atoms with Gasteiger partial charge in [0.1, 0.15) is 0 Å². The molecular formula is C25H26Cl3N5O2S. The van der Waals surface area contributed by atoms with E-state index in [0.717, 1.165) is 0 Å². The van der Waals surface area contributed by atoms with Crippen molar-refractivity contribution in [1.29, 1.82) is 0 Å². The van der Waals surface area contributed by atoms with Crippen LogP contribution in [0.1, 0.15) is 42.5 Å². The highest BCUT2D eigenvalue weighted by atomic mass is 35.5. The molecule has 0 fully saturated rings. The molecule has 36 heavy (non-hydrogen) atoms. The summed E-state index contributed by atoms with van der Waals surface area (Å²) >= 11 is 19.5. The van der Waals surface area contributed by atoms with Crippen molar-refractivity contribution in [2.75, 3.05) is 11.1 Å². The van der Waals surface area contributed by atoms with Crippen molar-refractivity contribution in [2.45, 2.75) is 38.0 Å². The number of allylic oxidation sites excluding steroid dienone is 1. The molecule has 0 spiro atoms. The largest absolute Gasteiger partial charge is 0.342 e. The molecule has 3 aromatic rings. The zero-order valence-electron chi connectivity index (χ0n) is 19.8. The predicted octanol–water partition coefficient (Wildman–Crippen LogP) is 6.67. The number of hydrogen-bond acceptors (Lipinski definition) is 5. The molecule has 0 radical (unpaired) electrons. The molecule has 2 aromatic carbocycles. The summed E-state index contributed by atoms with van der Waals surface area (Å²) in [6.45, 7) is 8.36. The van der Waals surface area contributed by atoms with E-state index >= 15 is 0 Å². The lowest BCUT2D eigenvalue weighted by atomic mass is 10.0. The second kappa shape index (κ2) is 13.1. The van der Waals surface area contributed by atoms with E-state index < -0.39 is 6.04 Å². The molecule has 0 aliphatic heterocycles. The van der Waals surface area contributed by atoms with Crippen molar-refractivity contribution in [3.8, 4) is 0 Å². The summed E-state index contributed by atoms with van der Waals surface area (Å²) in [4.78, 5) is 25.5. The van der Waals surface area contributed by atoms with Gasteiger partial charge in [0.25, 0.3) is 5.91 Å². The first kappa shape index (κ1) is 28.1. The van der Waals surface area contributed by atoms with Crippen LogP contribution in [0.25, 0.3) is 0 Å². The number of nitrogens with zero attached hydrogens (tertiary/aromatic N) is 3. The van der Waals surface area contributed by atoms with Gasteiger partial charge in [0.15, 0.2) is 11.0 Å². The summed E-state index contributed by atoms with van der Waals surface area (Å²) in [6, 6.07) is 11.3. The summed E-state index contributed by atoms with van der Waals surface area (Å²) in [7, 11) is 0. The van der Waals surface area contributed by atoms with Crippen LogP contribution in [0.2, 0.25) is 15.1 Å². The Morgan fingerprint density at radius 3 is 2.44 bits per heavy atom. The number of carbonyl (C=O) groups excluding carboxylic acids is 2. The molecule has 0 aliphatic carbocycles. The number of rotatable bonds is 11. The molecule has 2 N–H and O–H groups in total. The van der Waals surface area contributed by atoms with Gasteiger partial charge in [-0.25, -0.2) is 0 Å². The molecule has 0 saturated heterocycles. The molecule has 2 amide bonds. The van der Waals surface area contributed by atoms with E-state index in [1.54, 1.807) is 48.5 Å². The molecule has 0 unspecified atom stereocenters. The van der Waals surface area contributed by atoms with E-state index in [2.05, 4.69) is 41.3 Å². The quantitative estimate of drug-likeness (QED) is 0.200. The molecule has 190 valence electrons. The third kappa shape index (κ3) is 7.74. The Labute approximate surface area is 229 Å². The number of aromatic nitrogens is 3. The molecule has 1 aromatic heterocycles. The Morgan fingerprint density at radius 1 is 1.11 bits per heavy atom. The minimum atomic E-state index is -0.419.